The Bertz CT molecular complexity index is 166. The third-order valence-corrected chi connectivity index (χ3v) is 3.59. The molecule has 0 aliphatic rings. The minimum atomic E-state index is -0.184. The summed E-state index contributed by atoms with van der Waals surface area (Å²) >= 11 is 0. The lowest BCUT2D eigenvalue weighted by molar-refractivity contribution is -0.132. The maximum absolute atomic E-state index is 11.6. The Labute approximate surface area is 76.6 Å². The predicted molar refractivity (Wildman–Crippen MR) is 53.2 cm³/mol. The topological polar surface area (TPSA) is 17.1 Å². The second kappa shape index (κ2) is 3.59. The van der Waals surface area contributed by atoms with E-state index in [2.05, 4.69) is 34.6 Å². The van der Waals surface area contributed by atoms with Gasteiger partial charge in [-0.05, 0) is 5.41 Å². The molecule has 0 aliphatic carbocycles. The van der Waals surface area contributed by atoms with Crippen molar-refractivity contribution >= 4 is 5.78 Å². The van der Waals surface area contributed by atoms with Gasteiger partial charge in [0, 0.05) is 11.8 Å². The van der Waals surface area contributed by atoms with Crippen LogP contribution < -0.4 is 0 Å². The fraction of sp³-hybridized carbons (Fsp3) is 0.909. The van der Waals surface area contributed by atoms with E-state index in [0.717, 1.165) is 6.42 Å². The Morgan fingerprint density at radius 1 is 1.08 bits per heavy atom. The summed E-state index contributed by atoms with van der Waals surface area (Å²) in [6, 6.07) is 0. The summed E-state index contributed by atoms with van der Waals surface area (Å²) in [4.78, 5) is 11.6. The van der Waals surface area contributed by atoms with Gasteiger partial charge in [-0.2, -0.15) is 0 Å². The third-order valence-electron chi connectivity index (χ3n) is 3.59. The van der Waals surface area contributed by atoms with Gasteiger partial charge in [-0.3, -0.25) is 4.79 Å². The van der Waals surface area contributed by atoms with Gasteiger partial charge in [0.25, 0.3) is 0 Å². The summed E-state index contributed by atoms with van der Waals surface area (Å²) in [6.07, 6.45) is 1.70. The molecule has 1 heteroatoms. The zero-order chi connectivity index (χ0) is 9.99. The van der Waals surface area contributed by atoms with Crippen LogP contribution in [0.5, 0.6) is 0 Å². The van der Waals surface area contributed by atoms with E-state index in [4.69, 9.17) is 0 Å². The molecule has 1 nitrogen and oxygen atoms in total. The molecule has 12 heavy (non-hydrogen) atoms. The molecule has 0 heterocycles. The molecule has 0 atom stereocenters. The monoisotopic (exact) mass is 170 g/mol. The van der Waals surface area contributed by atoms with Gasteiger partial charge in [0.05, 0.1) is 0 Å². The lowest BCUT2D eigenvalue weighted by Gasteiger charge is -2.39. The van der Waals surface area contributed by atoms with Crippen LogP contribution in [0.15, 0.2) is 0 Å². The molecule has 0 saturated carbocycles. The summed E-state index contributed by atoms with van der Waals surface area (Å²) in [6.45, 7) is 12.5. The number of hydrogen-bond acceptors (Lipinski definition) is 1. The van der Waals surface area contributed by atoms with E-state index >= 15 is 0 Å². The van der Waals surface area contributed by atoms with E-state index in [9.17, 15) is 4.79 Å². The van der Waals surface area contributed by atoms with Gasteiger partial charge in [0.1, 0.15) is 5.78 Å². The van der Waals surface area contributed by atoms with Crippen molar-refractivity contribution in [1.82, 2.24) is 0 Å². The van der Waals surface area contributed by atoms with Crippen LogP contribution in [0.3, 0.4) is 0 Å². The second-order valence-electron chi connectivity index (χ2n) is 4.64. The zero-order valence-corrected chi connectivity index (χ0v) is 9.32. The molecule has 0 spiro atoms. The van der Waals surface area contributed by atoms with Crippen molar-refractivity contribution in [2.75, 3.05) is 0 Å². The van der Waals surface area contributed by atoms with Gasteiger partial charge in [-0.15, -0.1) is 0 Å². The highest BCUT2D eigenvalue weighted by Crippen LogP contribution is 2.42. The summed E-state index contributed by atoms with van der Waals surface area (Å²) in [5, 5.41) is 0. The van der Waals surface area contributed by atoms with Crippen LogP contribution in [0.2, 0.25) is 0 Å². The maximum atomic E-state index is 11.6. The van der Waals surface area contributed by atoms with Crippen LogP contribution in [0, 0.1) is 10.8 Å². The van der Waals surface area contributed by atoms with Gasteiger partial charge >= 0.3 is 0 Å². The van der Waals surface area contributed by atoms with Gasteiger partial charge < -0.3 is 0 Å². The molecule has 0 fully saturated rings. The van der Waals surface area contributed by atoms with Crippen LogP contribution in [0.4, 0.5) is 0 Å². The number of carbonyl (C=O) groups excluding carboxylic acids is 1. The van der Waals surface area contributed by atoms with Crippen molar-refractivity contribution in [3.8, 4) is 0 Å². The molecule has 0 aromatic rings. The van der Waals surface area contributed by atoms with Crippen LogP contribution in [-0.2, 0) is 4.79 Å². The Balaban J connectivity index is 4.71. The lowest BCUT2D eigenvalue weighted by Crippen LogP contribution is -2.38. The minimum absolute atomic E-state index is 0.111. The number of hydrogen-bond donors (Lipinski definition) is 0. The molecule has 72 valence electrons. The summed E-state index contributed by atoms with van der Waals surface area (Å²) in [7, 11) is 0. The highest BCUT2D eigenvalue weighted by Gasteiger charge is 2.40. The highest BCUT2D eigenvalue weighted by molar-refractivity contribution is 5.84. The second-order valence-corrected chi connectivity index (χ2v) is 4.64. The number of Topliss-reactive ketones (excluding diaryl/α,β-unsaturated/α-hetero) is 1. The van der Waals surface area contributed by atoms with Crippen LogP contribution in [-0.4, -0.2) is 5.78 Å². The van der Waals surface area contributed by atoms with E-state index in [1.165, 1.54) is 0 Å². The SMILES string of the molecule is CCC(=O)C(C)(C)C(C)(C)CC. The first-order chi connectivity index (χ1) is 5.29. The normalized spacial score (nSPS) is 13.2. The summed E-state index contributed by atoms with van der Waals surface area (Å²) in [5.74, 6) is 0.370. The lowest BCUT2D eigenvalue weighted by atomic mass is 9.64. The zero-order valence-electron chi connectivity index (χ0n) is 9.32. The van der Waals surface area contributed by atoms with E-state index in [-0.39, 0.29) is 10.8 Å². The average Bonchev–Trinajstić information content (AvgIpc) is 2.02. The fourth-order valence-corrected chi connectivity index (χ4v) is 1.26. The predicted octanol–water partition coefficient (Wildman–Crippen LogP) is 3.43. The van der Waals surface area contributed by atoms with E-state index in [1.807, 2.05) is 6.92 Å². The Morgan fingerprint density at radius 3 is 1.75 bits per heavy atom. The summed E-state index contributed by atoms with van der Waals surface area (Å²) < 4.78 is 0. The third kappa shape index (κ3) is 1.88. The van der Waals surface area contributed by atoms with Crippen molar-refractivity contribution < 1.29 is 4.79 Å². The minimum Gasteiger partial charge on any atom is -0.299 e. The van der Waals surface area contributed by atoms with Crippen LogP contribution >= 0.6 is 0 Å². The van der Waals surface area contributed by atoms with Crippen LogP contribution in [0.1, 0.15) is 54.4 Å². The van der Waals surface area contributed by atoms with Crippen molar-refractivity contribution in [3.05, 3.63) is 0 Å². The van der Waals surface area contributed by atoms with Crippen molar-refractivity contribution in [1.29, 1.82) is 0 Å². The van der Waals surface area contributed by atoms with E-state index in [1.54, 1.807) is 0 Å². The maximum Gasteiger partial charge on any atom is 0.138 e. The van der Waals surface area contributed by atoms with E-state index in [0.29, 0.717) is 12.2 Å². The van der Waals surface area contributed by atoms with Crippen molar-refractivity contribution in [2.45, 2.75) is 54.4 Å². The molecule has 0 unspecified atom stereocenters. The standard InChI is InChI=1S/C11H22O/c1-7-9(12)11(5,6)10(3,4)8-2/h7-8H2,1-6H3. The van der Waals surface area contributed by atoms with Crippen LogP contribution in [0.25, 0.3) is 0 Å². The van der Waals surface area contributed by atoms with Gasteiger partial charge in [0.15, 0.2) is 0 Å². The number of carbonyl (C=O) groups is 1. The first kappa shape index (κ1) is 11.7. The molecule has 0 rings (SSSR count). The first-order valence-corrected chi connectivity index (χ1v) is 4.83. The Hall–Kier alpha value is -0.330. The smallest absolute Gasteiger partial charge is 0.138 e. The molecule has 0 bridgehead atoms. The van der Waals surface area contributed by atoms with E-state index < -0.39 is 0 Å². The summed E-state index contributed by atoms with van der Waals surface area (Å²) in [5.41, 5.74) is -0.0728. The van der Waals surface area contributed by atoms with Gasteiger partial charge in [-0.25, -0.2) is 0 Å². The fourth-order valence-electron chi connectivity index (χ4n) is 1.26. The van der Waals surface area contributed by atoms with Gasteiger partial charge in [-0.1, -0.05) is 48.0 Å². The largest absolute Gasteiger partial charge is 0.299 e. The molecule has 0 aromatic heterocycles. The quantitative estimate of drug-likeness (QED) is 0.631. The molecular formula is C11H22O. The molecule has 0 N–H and O–H groups in total. The van der Waals surface area contributed by atoms with Crippen molar-refractivity contribution in [2.24, 2.45) is 10.8 Å². The number of ketones is 1. The first-order valence-electron chi connectivity index (χ1n) is 4.83. The molecule has 0 aromatic carbocycles. The highest BCUT2D eigenvalue weighted by atomic mass is 16.1. The molecule has 0 aliphatic heterocycles. The molecule has 0 saturated heterocycles. The molecule has 0 amide bonds. The molecular weight excluding hydrogens is 148 g/mol. The van der Waals surface area contributed by atoms with Gasteiger partial charge in [0.2, 0.25) is 0 Å². The Morgan fingerprint density at radius 2 is 1.50 bits per heavy atom. The van der Waals surface area contributed by atoms with Crippen molar-refractivity contribution in [3.63, 3.8) is 0 Å². The molecule has 0 radical (unpaired) electrons. The Kier molecular flexibility index (Phi) is 3.49. The number of rotatable bonds is 4. The average molecular weight is 170 g/mol.